The lowest BCUT2D eigenvalue weighted by atomic mass is 10.0. The van der Waals surface area contributed by atoms with Crippen LogP contribution >= 0.6 is 0 Å². The minimum atomic E-state index is -3.67. The van der Waals surface area contributed by atoms with Crippen LogP contribution in [-0.2, 0) is 10.1 Å². The van der Waals surface area contributed by atoms with Crippen molar-refractivity contribution in [1.29, 1.82) is 0 Å². The fourth-order valence-corrected chi connectivity index (χ4v) is 3.30. The van der Waals surface area contributed by atoms with E-state index in [1.807, 2.05) is 24.3 Å². The number of carbonyl (C=O) groups is 1. The van der Waals surface area contributed by atoms with Gasteiger partial charge in [0.2, 0.25) is 5.78 Å². The number of imidazole rings is 1. The van der Waals surface area contributed by atoms with Crippen LogP contribution in [0.5, 0.6) is 5.75 Å². The summed E-state index contributed by atoms with van der Waals surface area (Å²) >= 11 is 0. The molecule has 0 fully saturated rings. The molecular weight excluding hydrogens is 444 g/mol. The van der Waals surface area contributed by atoms with Crippen molar-refractivity contribution < 1.29 is 22.9 Å². The summed E-state index contributed by atoms with van der Waals surface area (Å²) in [7, 11) is -3.67. The molecule has 0 spiro atoms. The molecule has 0 aliphatic heterocycles. The Bertz CT molecular complexity index is 1580. The van der Waals surface area contributed by atoms with Crippen LogP contribution in [0.2, 0.25) is 0 Å². The zero-order valence-corrected chi connectivity index (χ0v) is 18.1. The van der Waals surface area contributed by atoms with Gasteiger partial charge in [0.15, 0.2) is 5.82 Å². The second-order valence-corrected chi connectivity index (χ2v) is 8.62. The standard InChI is InChI=1S/C22H14N4O2.CH4O3S/c27-19-7-3-6-17-20(19)26-22(25-17)21(28)13-8-9-24-18(10-13)16-12-23-11-14-4-1-2-5-15(14)16;1-5(2,3)4/h1-12,27H,(H,25,26);1H3,(H,2,3,4). The Morgan fingerprint density at radius 1 is 1.03 bits per heavy atom. The van der Waals surface area contributed by atoms with Gasteiger partial charge in [0.05, 0.1) is 17.5 Å². The second-order valence-electron chi connectivity index (χ2n) is 7.16. The molecule has 5 aromatic rings. The average molecular weight is 462 g/mol. The quantitative estimate of drug-likeness (QED) is 0.272. The van der Waals surface area contributed by atoms with Crippen LogP contribution in [-0.4, -0.2) is 50.1 Å². The topological polar surface area (TPSA) is 146 Å². The number of nitrogens with one attached hydrogen (secondary N) is 1. The molecule has 0 radical (unpaired) electrons. The van der Waals surface area contributed by atoms with Gasteiger partial charge in [-0.1, -0.05) is 30.3 Å². The van der Waals surface area contributed by atoms with Gasteiger partial charge in [-0.25, -0.2) is 4.98 Å². The predicted molar refractivity (Wildman–Crippen MR) is 124 cm³/mol. The van der Waals surface area contributed by atoms with Crippen molar-refractivity contribution in [1.82, 2.24) is 19.9 Å². The summed E-state index contributed by atoms with van der Waals surface area (Å²) in [4.78, 5) is 28.9. The molecule has 10 heteroatoms. The highest BCUT2D eigenvalue weighted by molar-refractivity contribution is 7.85. The van der Waals surface area contributed by atoms with Crippen molar-refractivity contribution in [2.75, 3.05) is 6.26 Å². The zero-order valence-electron chi connectivity index (χ0n) is 17.3. The van der Waals surface area contributed by atoms with Crippen LogP contribution in [0.3, 0.4) is 0 Å². The summed E-state index contributed by atoms with van der Waals surface area (Å²) in [6, 6.07) is 16.3. The molecule has 0 amide bonds. The molecule has 3 aromatic heterocycles. The van der Waals surface area contributed by atoms with E-state index < -0.39 is 10.1 Å². The Morgan fingerprint density at radius 3 is 2.55 bits per heavy atom. The van der Waals surface area contributed by atoms with E-state index >= 15 is 0 Å². The van der Waals surface area contributed by atoms with Crippen molar-refractivity contribution >= 4 is 37.7 Å². The van der Waals surface area contributed by atoms with Gasteiger partial charge in [-0.2, -0.15) is 8.42 Å². The van der Waals surface area contributed by atoms with E-state index in [1.54, 1.807) is 42.9 Å². The molecule has 0 saturated carbocycles. The Kier molecular flexibility index (Phi) is 5.86. The normalized spacial score (nSPS) is 11.2. The third kappa shape index (κ3) is 5.03. The number of H-pyrrole nitrogens is 1. The van der Waals surface area contributed by atoms with Gasteiger partial charge in [0, 0.05) is 35.1 Å². The van der Waals surface area contributed by atoms with Crippen LogP contribution in [0.4, 0.5) is 0 Å². The highest BCUT2D eigenvalue weighted by Crippen LogP contribution is 2.27. The first-order valence-electron chi connectivity index (χ1n) is 9.65. The van der Waals surface area contributed by atoms with Crippen LogP contribution in [0.25, 0.3) is 33.1 Å². The number of ketones is 1. The first-order valence-corrected chi connectivity index (χ1v) is 11.5. The Morgan fingerprint density at radius 2 is 1.79 bits per heavy atom. The van der Waals surface area contributed by atoms with Crippen molar-refractivity contribution in [2.45, 2.75) is 0 Å². The number of aromatic amines is 1. The van der Waals surface area contributed by atoms with Gasteiger partial charge in [-0.05, 0) is 29.7 Å². The van der Waals surface area contributed by atoms with E-state index in [-0.39, 0.29) is 17.4 Å². The molecule has 0 unspecified atom stereocenters. The third-order valence-electron chi connectivity index (χ3n) is 4.67. The maximum Gasteiger partial charge on any atom is 0.261 e. The number of carbonyl (C=O) groups excluding carboxylic acids is 1. The summed E-state index contributed by atoms with van der Waals surface area (Å²) in [6.45, 7) is 0. The van der Waals surface area contributed by atoms with E-state index in [0.717, 1.165) is 16.3 Å². The van der Waals surface area contributed by atoms with Crippen LogP contribution in [0.1, 0.15) is 16.2 Å². The Hall–Kier alpha value is -4.15. The van der Waals surface area contributed by atoms with Crippen molar-refractivity contribution in [2.24, 2.45) is 0 Å². The molecule has 5 rings (SSSR count). The summed E-state index contributed by atoms with van der Waals surface area (Å²) < 4.78 is 25.9. The number of para-hydroxylation sites is 1. The molecule has 0 bridgehead atoms. The number of aromatic hydroxyl groups is 1. The SMILES string of the molecule is CS(=O)(=O)O.O=C(c1ccnc(-c2cncc3ccccc23)c1)c1nc2c(O)cccc2[nH]1. The van der Waals surface area contributed by atoms with E-state index in [9.17, 15) is 18.3 Å². The minimum absolute atomic E-state index is 0.0325. The predicted octanol–water partition coefficient (Wildman–Crippen LogP) is 3.61. The molecule has 0 aliphatic carbocycles. The van der Waals surface area contributed by atoms with Gasteiger partial charge in [0.25, 0.3) is 10.1 Å². The summed E-state index contributed by atoms with van der Waals surface area (Å²) in [5.74, 6) is -0.0674. The van der Waals surface area contributed by atoms with E-state index in [0.29, 0.717) is 28.5 Å². The monoisotopic (exact) mass is 462 g/mol. The van der Waals surface area contributed by atoms with Crippen LogP contribution in [0.15, 0.2) is 73.2 Å². The Balaban J connectivity index is 0.000000471. The summed E-state index contributed by atoms with van der Waals surface area (Å²) in [6.07, 6.45) is 5.87. The number of hydrogen-bond acceptors (Lipinski definition) is 7. The van der Waals surface area contributed by atoms with Gasteiger partial charge >= 0.3 is 0 Å². The van der Waals surface area contributed by atoms with Crippen molar-refractivity contribution in [3.8, 4) is 17.0 Å². The average Bonchev–Trinajstić information content (AvgIpc) is 3.23. The minimum Gasteiger partial charge on any atom is -0.506 e. The first kappa shape index (κ1) is 22.1. The lowest BCUT2D eigenvalue weighted by Crippen LogP contribution is -2.04. The van der Waals surface area contributed by atoms with Crippen LogP contribution in [0, 0.1) is 0 Å². The summed E-state index contributed by atoms with van der Waals surface area (Å²) in [5.41, 5.74) is 2.95. The smallest absolute Gasteiger partial charge is 0.261 e. The fourth-order valence-electron chi connectivity index (χ4n) is 3.30. The number of fused-ring (bicyclic) bond motifs is 2. The Labute approximate surface area is 188 Å². The van der Waals surface area contributed by atoms with Crippen molar-refractivity contribution in [3.05, 3.63) is 84.6 Å². The highest BCUT2D eigenvalue weighted by atomic mass is 32.2. The maximum absolute atomic E-state index is 13.0. The van der Waals surface area contributed by atoms with Gasteiger partial charge in [0.1, 0.15) is 11.3 Å². The maximum atomic E-state index is 13.0. The molecule has 0 aliphatic rings. The number of aromatic nitrogens is 4. The zero-order chi connectivity index (χ0) is 23.6. The highest BCUT2D eigenvalue weighted by Gasteiger charge is 2.17. The number of pyridine rings is 2. The number of phenols is 1. The molecule has 3 heterocycles. The largest absolute Gasteiger partial charge is 0.506 e. The molecular formula is C23H18N4O5S. The lowest BCUT2D eigenvalue weighted by Gasteiger charge is -2.06. The molecule has 0 saturated heterocycles. The molecule has 3 N–H and O–H groups in total. The molecule has 2 aromatic carbocycles. The number of nitrogens with zero attached hydrogens (tertiary/aromatic N) is 3. The van der Waals surface area contributed by atoms with Gasteiger partial charge in [-0.3, -0.25) is 19.3 Å². The number of rotatable bonds is 3. The van der Waals surface area contributed by atoms with Gasteiger partial charge < -0.3 is 10.1 Å². The molecule has 0 atom stereocenters. The van der Waals surface area contributed by atoms with E-state index in [2.05, 4.69) is 19.9 Å². The number of phenolic OH excluding ortho intramolecular Hbond substituents is 1. The molecule has 9 nitrogen and oxygen atoms in total. The van der Waals surface area contributed by atoms with E-state index in [4.69, 9.17) is 4.55 Å². The molecule has 166 valence electrons. The van der Waals surface area contributed by atoms with Crippen molar-refractivity contribution in [3.63, 3.8) is 0 Å². The first-order chi connectivity index (χ1) is 15.7. The second kappa shape index (κ2) is 8.77. The third-order valence-corrected chi connectivity index (χ3v) is 4.67. The van der Waals surface area contributed by atoms with Crippen LogP contribution < -0.4 is 0 Å². The molecule has 33 heavy (non-hydrogen) atoms. The number of benzene rings is 2. The lowest BCUT2D eigenvalue weighted by molar-refractivity contribution is 0.103. The van der Waals surface area contributed by atoms with Gasteiger partial charge in [-0.15, -0.1) is 0 Å². The number of hydrogen-bond donors (Lipinski definition) is 3. The summed E-state index contributed by atoms with van der Waals surface area (Å²) in [5, 5.41) is 11.9. The van der Waals surface area contributed by atoms with E-state index in [1.165, 1.54) is 6.07 Å². The fraction of sp³-hybridized carbons (Fsp3) is 0.0435.